The third kappa shape index (κ3) is 2.72. The Labute approximate surface area is 113 Å². The van der Waals surface area contributed by atoms with Gasteiger partial charge in [0.25, 0.3) is 12.3 Å². The number of carbonyl (C=O) groups excluding carboxylic acids is 1. The van der Waals surface area contributed by atoms with Gasteiger partial charge in [-0.3, -0.25) is 4.79 Å². The van der Waals surface area contributed by atoms with Crippen LogP contribution in [0.15, 0.2) is 17.4 Å². The van der Waals surface area contributed by atoms with Crippen LogP contribution in [0.4, 0.5) is 27.8 Å². The van der Waals surface area contributed by atoms with Crippen molar-refractivity contribution in [3.8, 4) is 0 Å². The minimum absolute atomic E-state index is 0.416. The van der Waals surface area contributed by atoms with Crippen molar-refractivity contribution in [2.75, 3.05) is 5.01 Å². The van der Waals surface area contributed by atoms with Gasteiger partial charge >= 0.3 is 6.18 Å². The van der Waals surface area contributed by atoms with Gasteiger partial charge in [-0.2, -0.15) is 23.3 Å². The molecule has 2 heterocycles. The number of hydrogen-bond acceptors (Lipinski definition) is 3. The summed E-state index contributed by atoms with van der Waals surface area (Å²) in [6, 6.07) is 0.549. The number of alkyl halides is 5. The van der Waals surface area contributed by atoms with Crippen molar-refractivity contribution in [1.29, 1.82) is 0 Å². The normalized spacial score (nSPS) is 16.1. The van der Waals surface area contributed by atoms with E-state index >= 15 is 0 Å². The van der Waals surface area contributed by atoms with Crippen LogP contribution in [0.2, 0.25) is 5.02 Å². The molecule has 0 atom stereocenters. The van der Waals surface area contributed by atoms with Gasteiger partial charge in [0, 0.05) is 6.20 Å². The molecule has 0 aromatic carbocycles. The largest absolute Gasteiger partial charge is 0.417 e. The Bertz CT molecular complexity index is 587. The average Bonchev–Trinajstić information content (AvgIpc) is 2.70. The fourth-order valence-electron chi connectivity index (χ4n) is 1.48. The first-order valence-corrected chi connectivity index (χ1v) is 5.49. The van der Waals surface area contributed by atoms with Crippen molar-refractivity contribution < 1.29 is 26.7 Å². The number of amides is 1. The Kier molecular flexibility index (Phi) is 3.63. The molecular formula is C10H5ClF5N3O. The fourth-order valence-corrected chi connectivity index (χ4v) is 1.72. The number of aromatic nitrogens is 1. The molecule has 10 heteroatoms. The zero-order valence-electron chi connectivity index (χ0n) is 9.46. The molecule has 108 valence electrons. The molecule has 0 fully saturated rings. The number of nitrogens with zero attached hydrogens (tertiary/aromatic N) is 3. The van der Waals surface area contributed by atoms with E-state index in [9.17, 15) is 26.7 Å². The average molecular weight is 314 g/mol. The highest BCUT2D eigenvalue weighted by molar-refractivity contribution is 6.33. The van der Waals surface area contributed by atoms with Gasteiger partial charge in [-0.25, -0.2) is 13.8 Å². The number of anilines is 1. The molecule has 1 aliphatic heterocycles. The van der Waals surface area contributed by atoms with Crippen LogP contribution in [-0.4, -0.2) is 23.0 Å². The molecule has 0 saturated carbocycles. The first-order valence-electron chi connectivity index (χ1n) is 5.11. The van der Waals surface area contributed by atoms with Crippen molar-refractivity contribution in [2.24, 2.45) is 5.10 Å². The van der Waals surface area contributed by atoms with Crippen LogP contribution in [-0.2, 0) is 11.0 Å². The zero-order valence-corrected chi connectivity index (χ0v) is 10.2. The number of hydrogen-bond donors (Lipinski definition) is 0. The number of carbonyl (C=O) groups is 1. The summed E-state index contributed by atoms with van der Waals surface area (Å²) in [6.45, 7) is 0. The number of halogens is 6. The Morgan fingerprint density at radius 3 is 2.45 bits per heavy atom. The maximum absolute atomic E-state index is 12.4. The molecule has 0 unspecified atom stereocenters. The summed E-state index contributed by atoms with van der Waals surface area (Å²) in [5.41, 5.74) is -1.80. The van der Waals surface area contributed by atoms with E-state index in [4.69, 9.17) is 11.6 Å². The maximum Gasteiger partial charge on any atom is 0.417 e. The highest BCUT2D eigenvalue weighted by atomic mass is 35.5. The lowest BCUT2D eigenvalue weighted by molar-refractivity contribution is -0.137. The fraction of sp³-hybridized carbons (Fsp3) is 0.300. The Hall–Kier alpha value is -1.77. The second kappa shape index (κ2) is 4.97. The summed E-state index contributed by atoms with van der Waals surface area (Å²) in [7, 11) is 0. The van der Waals surface area contributed by atoms with Gasteiger partial charge in [-0.05, 0) is 6.07 Å². The van der Waals surface area contributed by atoms with Gasteiger partial charge in [0.15, 0.2) is 5.82 Å². The Morgan fingerprint density at radius 1 is 1.35 bits per heavy atom. The third-order valence-corrected chi connectivity index (χ3v) is 2.68. The summed E-state index contributed by atoms with van der Waals surface area (Å²) in [5, 5.41) is 3.28. The van der Waals surface area contributed by atoms with E-state index in [1.165, 1.54) is 0 Å². The lowest BCUT2D eigenvalue weighted by Crippen LogP contribution is -2.21. The smallest absolute Gasteiger partial charge is 0.272 e. The van der Waals surface area contributed by atoms with Crippen LogP contribution >= 0.6 is 11.6 Å². The van der Waals surface area contributed by atoms with Gasteiger partial charge in [0.1, 0.15) is 5.71 Å². The predicted octanol–water partition coefficient (Wildman–Crippen LogP) is 3.11. The van der Waals surface area contributed by atoms with Crippen LogP contribution in [0.5, 0.6) is 0 Å². The maximum atomic E-state index is 12.4. The van der Waals surface area contributed by atoms with Crippen molar-refractivity contribution in [3.63, 3.8) is 0 Å². The minimum atomic E-state index is -4.65. The monoisotopic (exact) mass is 313 g/mol. The van der Waals surface area contributed by atoms with E-state index in [0.717, 1.165) is 0 Å². The molecule has 4 nitrogen and oxygen atoms in total. The van der Waals surface area contributed by atoms with Crippen molar-refractivity contribution in [2.45, 2.75) is 19.0 Å². The lowest BCUT2D eigenvalue weighted by Gasteiger charge is -2.14. The second-order valence-electron chi connectivity index (χ2n) is 3.80. The van der Waals surface area contributed by atoms with E-state index in [-0.39, 0.29) is 0 Å². The lowest BCUT2D eigenvalue weighted by atomic mass is 10.2. The predicted molar refractivity (Wildman–Crippen MR) is 59.8 cm³/mol. The molecule has 0 bridgehead atoms. The summed E-state index contributed by atoms with van der Waals surface area (Å²) in [4.78, 5) is 14.9. The van der Waals surface area contributed by atoms with Gasteiger partial charge < -0.3 is 0 Å². The number of hydrazone groups is 1. The Morgan fingerprint density at radius 2 is 2.00 bits per heavy atom. The van der Waals surface area contributed by atoms with E-state index in [1.807, 2.05) is 0 Å². The quantitative estimate of drug-likeness (QED) is 0.788. The van der Waals surface area contributed by atoms with E-state index in [2.05, 4.69) is 10.1 Å². The summed E-state index contributed by atoms with van der Waals surface area (Å²) >= 11 is 5.59. The first-order chi connectivity index (χ1) is 9.20. The molecule has 1 aromatic rings. The molecule has 0 radical (unpaired) electrons. The topological polar surface area (TPSA) is 45.6 Å². The number of rotatable bonds is 2. The van der Waals surface area contributed by atoms with Crippen LogP contribution in [0.3, 0.4) is 0 Å². The molecule has 1 amide bonds. The molecular weight excluding hydrogens is 309 g/mol. The molecule has 1 aliphatic rings. The van der Waals surface area contributed by atoms with Crippen LogP contribution in [0, 0.1) is 0 Å². The molecule has 20 heavy (non-hydrogen) atoms. The molecule has 1 aromatic heterocycles. The van der Waals surface area contributed by atoms with Gasteiger partial charge in [-0.1, -0.05) is 11.6 Å². The first kappa shape index (κ1) is 14.6. The Balaban J connectivity index is 2.37. The molecule has 0 aliphatic carbocycles. The van der Waals surface area contributed by atoms with Gasteiger partial charge in [0.2, 0.25) is 0 Å². The standard InChI is InChI=1S/C10H5ClF5N3O/c11-5-1-4(10(14,15)16)3-17-9(5)19-7(20)2-6(18-19)8(12)13/h1,3,8H,2H2. The van der Waals surface area contributed by atoms with Gasteiger partial charge in [0.05, 0.1) is 17.0 Å². The summed E-state index contributed by atoms with van der Waals surface area (Å²) in [5.74, 6) is -1.25. The molecule has 0 saturated heterocycles. The third-order valence-electron chi connectivity index (χ3n) is 2.40. The molecule has 0 N–H and O–H groups in total. The minimum Gasteiger partial charge on any atom is -0.272 e. The van der Waals surface area contributed by atoms with Crippen LogP contribution < -0.4 is 5.01 Å². The highest BCUT2D eigenvalue weighted by Crippen LogP contribution is 2.34. The summed E-state index contributed by atoms with van der Waals surface area (Å²) in [6.07, 6.45) is -7.76. The molecule has 2 rings (SSSR count). The van der Waals surface area contributed by atoms with Crippen molar-refractivity contribution in [1.82, 2.24) is 4.98 Å². The molecule has 0 spiro atoms. The van der Waals surface area contributed by atoms with Crippen molar-refractivity contribution >= 4 is 29.0 Å². The van der Waals surface area contributed by atoms with Crippen LogP contribution in [0.1, 0.15) is 12.0 Å². The SMILES string of the molecule is O=C1CC(C(F)F)=NN1c1ncc(C(F)(F)F)cc1Cl. The second-order valence-corrected chi connectivity index (χ2v) is 4.21. The van der Waals surface area contributed by atoms with Crippen molar-refractivity contribution in [3.05, 3.63) is 22.8 Å². The zero-order chi connectivity index (χ0) is 15.1. The highest BCUT2D eigenvalue weighted by Gasteiger charge is 2.35. The summed E-state index contributed by atoms with van der Waals surface area (Å²) < 4.78 is 62.1. The van der Waals surface area contributed by atoms with E-state index in [0.29, 0.717) is 17.3 Å². The van der Waals surface area contributed by atoms with Gasteiger partial charge in [-0.15, -0.1) is 0 Å². The van der Waals surface area contributed by atoms with E-state index in [1.54, 1.807) is 0 Å². The van der Waals surface area contributed by atoms with E-state index < -0.39 is 47.0 Å². The van der Waals surface area contributed by atoms with Crippen LogP contribution in [0.25, 0.3) is 0 Å². The number of pyridine rings is 1.